The summed E-state index contributed by atoms with van der Waals surface area (Å²) >= 11 is 5.71. The Morgan fingerprint density at radius 3 is 2.43 bits per heavy atom. The molecule has 0 heterocycles. The van der Waals surface area contributed by atoms with E-state index in [4.69, 9.17) is 27.2 Å². The fraction of sp³-hybridized carbons (Fsp3) is 0.143. The molecule has 0 atom stereocenters. The number of halogens is 1. The molecule has 0 aliphatic carbocycles. The van der Waals surface area contributed by atoms with Gasteiger partial charge in [-0.05, 0) is 6.07 Å². The van der Waals surface area contributed by atoms with Gasteiger partial charge in [0.2, 0.25) is 10.0 Å². The topological polar surface area (TPSA) is 95.4 Å². The van der Waals surface area contributed by atoms with Gasteiger partial charge in [0.15, 0.2) is 0 Å². The molecule has 0 saturated heterocycles. The number of rotatable bonds is 2. The van der Waals surface area contributed by atoms with Gasteiger partial charge in [-0.15, -0.1) is 0 Å². The van der Waals surface area contributed by atoms with Crippen LogP contribution in [-0.2, 0) is 10.0 Å². The van der Waals surface area contributed by atoms with Gasteiger partial charge in [-0.1, -0.05) is 11.6 Å². The van der Waals surface area contributed by atoms with Crippen molar-refractivity contribution in [3.63, 3.8) is 0 Å². The van der Waals surface area contributed by atoms with Gasteiger partial charge in [0.1, 0.15) is 10.6 Å². The molecule has 0 aliphatic heterocycles. The van der Waals surface area contributed by atoms with Crippen LogP contribution in [0.3, 0.4) is 0 Å². The Bertz CT molecular complexity index is 458. The molecular formula is C7H9ClN2O3S. The number of nitrogen functional groups attached to an aromatic ring is 1. The van der Waals surface area contributed by atoms with Gasteiger partial charge >= 0.3 is 0 Å². The van der Waals surface area contributed by atoms with E-state index in [1.807, 2.05) is 0 Å². The van der Waals surface area contributed by atoms with Gasteiger partial charge in [0.25, 0.3) is 0 Å². The summed E-state index contributed by atoms with van der Waals surface area (Å²) in [6.07, 6.45) is 0. The second-order valence-electron chi connectivity index (χ2n) is 2.57. The number of primary sulfonamides is 1. The maximum absolute atomic E-state index is 11.0. The van der Waals surface area contributed by atoms with Crippen LogP contribution in [0.15, 0.2) is 17.0 Å². The molecule has 0 aromatic heterocycles. The van der Waals surface area contributed by atoms with E-state index in [2.05, 4.69) is 0 Å². The standard InChI is InChI=1S/C7H9ClN2O3S/c1-13-6-3-7(14(10,11)12)5(9)2-4(6)8/h2-3H,9H2,1H3,(H2,10,11,12). The minimum atomic E-state index is -3.85. The van der Waals surface area contributed by atoms with Crippen LogP contribution in [0.25, 0.3) is 0 Å². The predicted molar refractivity (Wildman–Crippen MR) is 53.8 cm³/mol. The number of anilines is 1. The molecule has 14 heavy (non-hydrogen) atoms. The van der Waals surface area contributed by atoms with Gasteiger partial charge in [-0.25, -0.2) is 13.6 Å². The highest BCUT2D eigenvalue weighted by Crippen LogP contribution is 2.31. The molecule has 0 fully saturated rings. The number of hydrogen-bond donors (Lipinski definition) is 2. The number of nitrogens with two attached hydrogens (primary N) is 2. The third kappa shape index (κ3) is 2.09. The number of benzene rings is 1. The van der Waals surface area contributed by atoms with Crippen LogP contribution >= 0.6 is 11.6 Å². The van der Waals surface area contributed by atoms with Crippen molar-refractivity contribution in [2.45, 2.75) is 4.90 Å². The molecule has 0 spiro atoms. The molecule has 0 radical (unpaired) electrons. The first-order valence-electron chi connectivity index (χ1n) is 3.52. The van der Waals surface area contributed by atoms with Crippen molar-refractivity contribution in [1.82, 2.24) is 0 Å². The summed E-state index contributed by atoms with van der Waals surface area (Å²) in [4.78, 5) is -0.196. The second-order valence-corrected chi connectivity index (χ2v) is 4.51. The quantitative estimate of drug-likeness (QED) is 0.734. The van der Waals surface area contributed by atoms with Crippen molar-refractivity contribution >= 4 is 27.3 Å². The van der Waals surface area contributed by atoms with E-state index in [1.165, 1.54) is 19.2 Å². The zero-order valence-electron chi connectivity index (χ0n) is 7.32. The van der Waals surface area contributed by atoms with Crippen molar-refractivity contribution in [2.75, 3.05) is 12.8 Å². The van der Waals surface area contributed by atoms with Crippen molar-refractivity contribution in [3.8, 4) is 5.75 Å². The zero-order valence-corrected chi connectivity index (χ0v) is 8.89. The fourth-order valence-corrected chi connectivity index (χ4v) is 1.86. The van der Waals surface area contributed by atoms with Crippen molar-refractivity contribution < 1.29 is 13.2 Å². The monoisotopic (exact) mass is 236 g/mol. The highest BCUT2D eigenvalue weighted by atomic mass is 35.5. The van der Waals surface area contributed by atoms with Gasteiger partial charge in [-0.2, -0.15) is 0 Å². The van der Waals surface area contributed by atoms with E-state index in [1.54, 1.807) is 0 Å². The van der Waals surface area contributed by atoms with Gasteiger partial charge in [0, 0.05) is 6.07 Å². The van der Waals surface area contributed by atoms with Gasteiger partial charge < -0.3 is 10.5 Å². The summed E-state index contributed by atoms with van der Waals surface area (Å²) in [6.45, 7) is 0. The lowest BCUT2D eigenvalue weighted by atomic mass is 10.3. The third-order valence-electron chi connectivity index (χ3n) is 1.59. The smallest absolute Gasteiger partial charge is 0.240 e. The zero-order chi connectivity index (χ0) is 10.9. The summed E-state index contributed by atoms with van der Waals surface area (Å²) in [6, 6.07) is 2.47. The summed E-state index contributed by atoms with van der Waals surface area (Å²) in [7, 11) is -2.48. The SMILES string of the molecule is COc1cc(S(N)(=O)=O)c(N)cc1Cl. The van der Waals surface area contributed by atoms with E-state index in [0.29, 0.717) is 0 Å². The average Bonchev–Trinajstić information content (AvgIpc) is 2.02. The van der Waals surface area contributed by atoms with Gasteiger partial charge in [0.05, 0.1) is 17.8 Å². The Kier molecular flexibility index (Phi) is 2.89. The first-order valence-corrected chi connectivity index (χ1v) is 5.44. The second kappa shape index (κ2) is 3.64. The Hall–Kier alpha value is -0.980. The van der Waals surface area contributed by atoms with Crippen LogP contribution in [0.5, 0.6) is 5.75 Å². The molecular weight excluding hydrogens is 228 g/mol. The molecule has 1 rings (SSSR count). The number of methoxy groups -OCH3 is 1. The lowest BCUT2D eigenvalue weighted by molar-refractivity contribution is 0.414. The largest absolute Gasteiger partial charge is 0.495 e. The Balaban J connectivity index is 3.47. The molecule has 0 bridgehead atoms. The van der Waals surface area contributed by atoms with Crippen molar-refractivity contribution in [1.29, 1.82) is 0 Å². The van der Waals surface area contributed by atoms with E-state index < -0.39 is 10.0 Å². The molecule has 0 unspecified atom stereocenters. The molecule has 78 valence electrons. The Morgan fingerprint density at radius 2 is 2.00 bits per heavy atom. The van der Waals surface area contributed by atoms with Gasteiger partial charge in [-0.3, -0.25) is 0 Å². The maximum Gasteiger partial charge on any atom is 0.240 e. The first-order chi connectivity index (χ1) is 6.36. The fourth-order valence-electron chi connectivity index (χ4n) is 0.953. The van der Waals surface area contributed by atoms with E-state index in [9.17, 15) is 8.42 Å². The highest BCUT2D eigenvalue weighted by Gasteiger charge is 2.15. The van der Waals surface area contributed by atoms with Crippen LogP contribution in [0, 0.1) is 0 Å². The molecule has 0 saturated carbocycles. The number of sulfonamides is 1. The molecule has 0 aliphatic rings. The summed E-state index contributed by atoms with van der Waals surface area (Å²) in [5.41, 5.74) is 5.43. The summed E-state index contributed by atoms with van der Waals surface area (Å²) in [5.74, 6) is 0.213. The van der Waals surface area contributed by atoms with Crippen molar-refractivity contribution in [3.05, 3.63) is 17.2 Å². The molecule has 0 amide bonds. The lowest BCUT2D eigenvalue weighted by Gasteiger charge is -2.07. The minimum absolute atomic E-state index is 0.00157. The van der Waals surface area contributed by atoms with Crippen LogP contribution in [0.2, 0.25) is 5.02 Å². The molecule has 5 nitrogen and oxygen atoms in total. The van der Waals surface area contributed by atoms with Crippen LogP contribution in [0.1, 0.15) is 0 Å². The highest BCUT2D eigenvalue weighted by molar-refractivity contribution is 7.89. The normalized spacial score (nSPS) is 11.4. The van der Waals surface area contributed by atoms with E-state index >= 15 is 0 Å². The molecule has 4 N–H and O–H groups in total. The molecule has 1 aromatic carbocycles. The van der Waals surface area contributed by atoms with E-state index in [0.717, 1.165) is 0 Å². The number of hydrogen-bond acceptors (Lipinski definition) is 4. The Labute approximate surface area is 86.7 Å². The Morgan fingerprint density at radius 1 is 1.43 bits per heavy atom. The van der Waals surface area contributed by atoms with Crippen LogP contribution in [0.4, 0.5) is 5.69 Å². The average molecular weight is 237 g/mol. The third-order valence-corrected chi connectivity index (χ3v) is 2.85. The summed E-state index contributed by atoms with van der Waals surface area (Å²) < 4.78 is 26.9. The van der Waals surface area contributed by atoms with Crippen LogP contribution < -0.4 is 15.6 Å². The lowest BCUT2D eigenvalue weighted by Crippen LogP contribution is -2.14. The molecule has 1 aromatic rings. The minimum Gasteiger partial charge on any atom is -0.495 e. The first kappa shape index (κ1) is 11.1. The summed E-state index contributed by atoms with van der Waals surface area (Å²) in [5, 5.41) is 5.16. The molecule has 7 heteroatoms. The maximum atomic E-state index is 11.0. The van der Waals surface area contributed by atoms with E-state index in [-0.39, 0.29) is 21.4 Å². The predicted octanol–water partition coefficient (Wildman–Crippen LogP) is 0.578. The van der Waals surface area contributed by atoms with Crippen LogP contribution in [-0.4, -0.2) is 15.5 Å². The number of ether oxygens (including phenoxy) is 1. The van der Waals surface area contributed by atoms with Crippen molar-refractivity contribution in [2.24, 2.45) is 5.14 Å².